The number of aliphatic carboxylic acids is 1. The molecule has 0 radical (unpaired) electrons. The number of phosphoric ester groups is 1. The van der Waals surface area contributed by atoms with E-state index in [1.165, 1.54) is 0 Å². The van der Waals surface area contributed by atoms with Crippen LogP contribution in [0.2, 0.25) is 0 Å². The Morgan fingerprint density at radius 2 is 1.10 bits per heavy atom. The van der Waals surface area contributed by atoms with Crippen LogP contribution >= 0.6 is 7.82 Å². The van der Waals surface area contributed by atoms with Crippen molar-refractivity contribution in [3.8, 4) is 5.75 Å². The highest BCUT2D eigenvalue weighted by molar-refractivity contribution is 7.48. The first-order valence-corrected chi connectivity index (χ1v) is 10.3. The summed E-state index contributed by atoms with van der Waals surface area (Å²) in [6, 6.07) is 27.9. The van der Waals surface area contributed by atoms with Crippen molar-refractivity contribution in [3.05, 3.63) is 102 Å². The molecule has 0 saturated carbocycles. The van der Waals surface area contributed by atoms with Crippen LogP contribution in [0.15, 0.2) is 91.0 Å². The predicted molar refractivity (Wildman–Crippen MR) is 110 cm³/mol. The molecule has 29 heavy (non-hydrogen) atoms. The van der Waals surface area contributed by atoms with Gasteiger partial charge >= 0.3 is 7.82 Å². The summed E-state index contributed by atoms with van der Waals surface area (Å²) in [6.07, 6.45) is 0. The van der Waals surface area contributed by atoms with Crippen LogP contribution < -0.4 is 4.52 Å². The molecule has 7 heteroatoms. The minimum atomic E-state index is -3.77. The Hall–Kier alpha value is -2.92. The van der Waals surface area contributed by atoms with Crippen molar-refractivity contribution in [2.75, 3.05) is 0 Å². The van der Waals surface area contributed by atoms with Gasteiger partial charge in [0.15, 0.2) is 0 Å². The molecule has 3 aromatic carbocycles. The molecule has 0 bridgehead atoms. The molecular formula is C22H23O6P. The van der Waals surface area contributed by atoms with Crippen LogP contribution in [0.25, 0.3) is 0 Å². The van der Waals surface area contributed by atoms with Crippen molar-refractivity contribution in [1.82, 2.24) is 0 Å². The van der Waals surface area contributed by atoms with Gasteiger partial charge in [0, 0.05) is 6.92 Å². The van der Waals surface area contributed by atoms with Gasteiger partial charge in [-0.15, -0.1) is 0 Å². The molecule has 3 rings (SSSR count). The van der Waals surface area contributed by atoms with E-state index in [-0.39, 0.29) is 13.2 Å². The molecule has 0 spiro atoms. The monoisotopic (exact) mass is 414 g/mol. The van der Waals surface area contributed by atoms with Crippen LogP contribution in [0.3, 0.4) is 0 Å². The second-order valence-electron chi connectivity index (χ2n) is 5.89. The average Bonchev–Trinajstić information content (AvgIpc) is 2.73. The summed E-state index contributed by atoms with van der Waals surface area (Å²) in [5.74, 6) is -0.396. The van der Waals surface area contributed by atoms with Gasteiger partial charge in [0.2, 0.25) is 0 Å². The number of carbonyl (C=O) groups is 1. The fraction of sp³-hybridized carbons (Fsp3) is 0.136. The normalized spacial score (nSPS) is 10.5. The summed E-state index contributed by atoms with van der Waals surface area (Å²) in [5.41, 5.74) is 1.78. The van der Waals surface area contributed by atoms with Gasteiger partial charge in [0.05, 0.1) is 13.2 Å². The summed E-state index contributed by atoms with van der Waals surface area (Å²) in [4.78, 5) is 9.00. The molecule has 152 valence electrons. The molecule has 0 heterocycles. The maximum atomic E-state index is 13.1. The Balaban J connectivity index is 0.000000687. The highest BCUT2D eigenvalue weighted by Gasteiger charge is 2.29. The standard InChI is InChI=1S/C20H19O4P.C2H4O2/c21-25(24-20-14-8-3-9-15-20,22-16-18-10-4-1-5-11-18)23-17-19-12-6-2-7-13-19;1-2(3)4/h1-15H,16-17H2;1H3,(H,3,4). The number of rotatable bonds is 8. The Labute approximate surface area is 170 Å². The van der Waals surface area contributed by atoms with E-state index in [0.717, 1.165) is 18.1 Å². The van der Waals surface area contributed by atoms with E-state index in [1.54, 1.807) is 24.3 Å². The number of carboxylic acid groups (broad SMARTS) is 1. The SMILES string of the molecule is CC(=O)O.O=P(OCc1ccccc1)(OCc1ccccc1)Oc1ccccc1. The van der Waals surface area contributed by atoms with Gasteiger partial charge in [-0.2, -0.15) is 0 Å². The summed E-state index contributed by atoms with van der Waals surface area (Å²) < 4.78 is 29.7. The first kappa shape index (κ1) is 22.4. The van der Waals surface area contributed by atoms with Crippen LogP contribution in [0.1, 0.15) is 18.1 Å². The second-order valence-corrected chi connectivity index (χ2v) is 7.48. The van der Waals surface area contributed by atoms with Crippen molar-refractivity contribution < 1.29 is 28.0 Å². The number of carboxylic acids is 1. The Bertz CT molecular complexity index is 849. The van der Waals surface area contributed by atoms with Gasteiger partial charge in [-0.05, 0) is 23.3 Å². The van der Waals surface area contributed by atoms with Crippen molar-refractivity contribution >= 4 is 13.8 Å². The lowest BCUT2D eigenvalue weighted by Gasteiger charge is -2.18. The number of hydrogen-bond donors (Lipinski definition) is 1. The molecule has 0 amide bonds. The maximum absolute atomic E-state index is 13.1. The van der Waals surface area contributed by atoms with E-state index in [2.05, 4.69) is 0 Å². The fourth-order valence-electron chi connectivity index (χ4n) is 2.16. The van der Waals surface area contributed by atoms with Crippen LogP contribution in [-0.2, 0) is 31.6 Å². The summed E-state index contributed by atoms with van der Waals surface area (Å²) >= 11 is 0. The largest absolute Gasteiger partial charge is 0.530 e. The number of para-hydroxylation sites is 1. The molecule has 0 aromatic heterocycles. The van der Waals surface area contributed by atoms with Gasteiger partial charge in [0.25, 0.3) is 5.97 Å². The van der Waals surface area contributed by atoms with Crippen molar-refractivity contribution in [1.29, 1.82) is 0 Å². The smallest absolute Gasteiger partial charge is 0.481 e. The van der Waals surface area contributed by atoms with E-state index in [0.29, 0.717) is 5.75 Å². The quantitative estimate of drug-likeness (QED) is 0.476. The van der Waals surface area contributed by atoms with E-state index >= 15 is 0 Å². The first-order valence-electron chi connectivity index (χ1n) is 8.88. The Morgan fingerprint density at radius 1 is 0.759 bits per heavy atom. The van der Waals surface area contributed by atoms with Crippen LogP contribution in [0.5, 0.6) is 5.75 Å². The van der Waals surface area contributed by atoms with Crippen LogP contribution in [-0.4, -0.2) is 11.1 Å². The van der Waals surface area contributed by atoms with Gasteiger partial charge in [-0.1, -0.05) is 78.9 Å². The molecule has 0 aliphatic heterocycles. The highest BCUT2D eigenvalue weighted by Crippen LogP contribution is 2.50. The molecule has 1 N–H and O–H groups in total. The molecule has 0 unspecified atom stereocenters. The molecule has 0 saturated heterocycles. The molecule has 3 aromatic rings. The van der Waals surface area contributed by atoms with Gasteiger partial charge in [-0.3, -0.25) is 13.8 Å². The predicted octanol–water partition coefficient (Wildman–Crippen LogP) is 5.70. The molecule has 0 atom stereocenters. The molecule has 0 aliphatic rings. The molecule has 0 aliphatic carbocycles. The number of hydrogen-bond acceptors (Lipinski definition) is 5. The van der Waals surface area contributed by atoms with Gasteiger partial charge in [-0.25, -0.2) is 4.57 Å². The molecule has 6 nitrogen and oxygen atoms in total. The average molecular weight is 414 g/mol. The van der Waals surface area contributed by atoms with Gasteiger partial charge < -0.3 is 9.63 Å². The van der Waals surface area contributed by atoms with E-state index in [4.69, 9.17) is 23.5 Å². The fourth-order valence-corrected chi connectivity index (χ4v) is 3.33. The lowest BCUT2D eigenvalue weighted by molar-refractivity contribution is -0.134. The van der Waals surface area contributed by atoms with Crippen molar-refractivity contribution in [2.45, 2.75) is 20.1 Å². The third kappa shape index (κ3) is 9.21. The summed E-state index contributed by atoms with van der Waals surface area (Å²) in [6.45, 7) is 1.36. The minimum absolute atomic E-state index is 0.139. The van der Waals surface area contributed by atoms with Crippen LogP contribution in [0, 0.1) is 0 Å². The van der Waals surface area contributed by atoms with Crippen LogP contribution in [0.4, 0.5) is 0 Å². The zero-order valence-electron chi connectivity index (χ0n) is 16.0. The van der Waals surface area contributed by atoms with Crippen molar-refractivity contribution in [3.63, 3.8) is 0 Å². The molecular weight excluding hydrogens is 391 g/mol. The highest BCUT2D eigenvalue weighted by atomic mass is 31.2. The van der Waals surface area contributed by atoms with E-state index in [9.17, 15) is 4.57 Å². The first-order chi connectivity index (χ1) is 14.0. The maximum Gasteiger partial charge on any atom is 0.530 e. The summed E-state index contributed by atoms with van der Waals surface area (Å²) in [5, 5.41) is 7.42. The number of phosphoric acid groups is 1. The zero-order chi connectivity index (χ0) is 21.0. The summed E-state index contributed by atoms with van der Waals surface area (Å²) in [7, 11) is -3.77. The topological polar surface area (TPSA) is 82.1 Å². The van der Waals surface area contributed by atoms with Gasteiger partial charge in [0.1, 0.15) is 5.75 Å². The molecule has 0 fully saturated rings. The lowest BCUT2D eigenvalue weighted by Crippen LogP contribution is -2.03. The lowest BCUT2D eigenvalue weighted by atomic mass is 10.2. The van der Waals surface area contributed by atoms with Crippen molar-refractivity contribution in [2.24, 2.45) is 0 Å². The third-order valence-electron chi connectivity index (χ3n) is 3.42. The Kier molecular flexibility index (Phi) is 9.12. The zero-order valence-corrected chi connectivity index (χ0v) is 16.9. The van der Waals surface area contributed by atoms with E-state index in [1.807, 2.05) is 66.7 Å². The van der Waals surface area contributed by atoms with E-state index < -0.39 is 13.8 Å². The Morgan fingerprint density at radius 3 is 1.48 bits per heavy atom. The third-order valence-corrected chi connectivity index (χ3v) is 4.75. The minimum Gasteiger partial charge on any atom is -0.481 e. The number of benzene rings is 3. The second kappa shape index (κ2) is 11.8.